The molecule has 0 aromatic rings. The molecule has 0 bridgehead atoms. The summed E-state index contributed by atoms with van der Waals surface area (Å²) in [4.78, 5) is 31.0. The smallest absolute Gasteiger partial charge is 0.319 e. The molecule has 0 spiro atoms. The van der Waals surface area contributed by atoms with Gasteiger partial charge < -0.3 is 19.6 Å². The summed E-state index contributed by atoms with van der Waals surface area (Å²) in [6, 6.07) is -1.08. The van der Waals surface area contributed by atoms with E-state index in [0.717, 1.165) is 0 Å². The number of urea groups is 1. The van der Waals surface area contributed by atoms with Crippen LogP contribution < -0.4 is 0 Å². The fraction of sp³-hybridized carbons (Fsp3) is 0.846. The maximum Gasteiger partial charge on any atom is 0.319 e. The molecule has 2 aliphatic rings. The van der Waals surface area contributed by atoms with Gasteiger partial charge in [-0.1, -0.05) is 0 Å². The van der Waals surface area contributed by atoms with E-state index in [9.17, 15) is 18.0 Å². The van der Waals surface area contributed by atoms with Crippen LogP contribution in [0.1, 0.15) is 0 Å². The first kappa shape index (κ1) is 17.0. The topological polar surface area (TPSA) is 81.2 Å². The summed E-state index contributed by atoms with van der Waals surface area (Å²) >= 11 is 0. The first-order valence-corrected chi connectivity index (χ1v) is 9.07. The SMILES string of the molecule is CN(C)CC(=O)N1CCN(C(=O)N(C)C)C2CS(=O)(=O)CC21. The summed E-state index contributed by atoms with van der Waals surface area (Å²) in [5.41, 5.74) is 0. The molecule has 2 heterocycles. The predicted molar refractivity (Wildman–Crippen MR) is 82.3 cm³/mol. The molecule has 8 nitrogen and oxygen atoms in total. The number of piperazine rings is 1. The molecular weight excluding hydrogens is 308 g/mol. The van der Waals surface area contributed by atoms with Gasteiger partial charge in [0.1, 0.15) is 0 Å². The quantitative estimate of drug-likeness (QED) is 0.617. The number of likely N-dealkylation sites (N-methyl/N-ethyl adjacent to an activating group) is 1. The molecule has 3 amide bonds. The number of hydrogen-bond acceptors (Lipinski definition) is 5. The van der Waals surface area contributed by atoms with Crippen molar-refractivity contribution in [3.63, 3.8) is 0 Å². The second-order valence-electron chi connectivity index (χ2n) is 6.41. The molecule has 2 aliphatic heterocycles. The van der Waals surface area contributed by atoms with E-state index in [4.69, 9.17) is 0 Å². The molecule has 2 unspecified atom stereocenters. The summed E-state index contributed by atoms with van der Waals surface area (Å²) in [6.45, 7) is 0.987. The minimum absolute atomic E-state index is 0.0615. The highest BCUT2D eigenvalue weighted by Gasteiger charge is 2.49. The number of nitrogens with zero attached hydrogens (tertiary/aromatic N) is 4. The van der Waals surface area contributed by atoms with Gasteiger partial charge in [0.15, 0.2) is 9.84 Å². The van der Waals surface area contributed by atoms with Crippen molar-refractivity contribution >= 4 is 21.8 Å². The third-order valence-electron chi connectivity index (χ3n) is 4.08. The fourth-order valence-corrected chi connectivity index (χ4v) is 5.10. The molecule has 2 atom stereocenters. The van der Waals surface area contributed by atoms with Crippen molar-refractivity contribution in [1.82, 2.24) is 19.6 Å². The molecule has 0 N–H and O–H groups in total. The van der Waals surface area contributed by atoms with Gasteiger partial charge in [-0.2, -0.15) is 0 Å². The van der Waals surface area contributed by atoms with Crippen molar-refractivity contribution in [2.24, 2.45) is 0 Å². The Morgan fingerprint density at radius 3 is 2.00 bits per heavy atom. The summed E-state index contributed by atoms with van der Waals surface area (Å²) < 4.78 is 24.1. The number of hydrogen-bond donors (Lipinski definition) is 0. The Morgan fingerprint density at radius 2 is 1.50 bits per heavy atom. The van der Waals surface area contributed by atoms with Gasteiger partial charge in [0.25, 0.3) is 0 Å². The molecule has 0 aromatic heterocycles. The molecule has 0 aromatic carbocycles. The molecule has 2 fully saturated rings. The number of rotatable bonds is 2. The monoisotopic (exact) mass is 332 g/mol. The zero-order valence-electron chi connectivity index (χ0n) is 13.5. The molecule has 0 saturated carbocycles. The lowest BCUT2D eigenvalue weighted by atomic mass is 10.0. The fourth-order valence-electron chi connectivity index (χ4n) is 3.12. The summed E-state index contributed by atoms with van der Waals surface area (Å²) in [5, 5.41) is 0. The van der Waals surface area contributed by atoms with E-state index in [-0.39, 0.29) is 30.0 Å². The largest absolute Gasteiger partial charge is 0.334 e. The molecule has 0 radical (unpaired) electrons. The normalized spacial score (nSPS) is 27.0. The second-order valence-corrected chi connectivity index (χ2v) is 8.56. The molecule has 2 rings (SSSR count). The highest BCUT2D eigenvalue weighted by molar-refractivity contribution is 7.91. The van der Waals surface area contributed by atoms with E-state index in [2.05, 4.69) is 0 Å². The van der Waals surface area contributed by atoms with Gasteiger partial charge in [-0.25, -0.2) is 13.2 Å². The lowest BCUT2D eigenvalue weighted by Gasteiger charge is -2.44. The van der Waals surface area contributed by atoms with Crippen LogP contribution >= 0.6 is 0 Å². The third-order valence-corrected chi connectivity index (χ3v) is 5.77. The van der Waals surface area contributed by atoms with Crippen LogP contribution in [0.2, 0.25) is 0 Å². The average molecular weight is 332 g/mol. The Bertz CT molecular complexity index is 560. The van der Waals surface area contributed by atoms with E-state index in [1.54, 1.807) is 42.9 Å². The van der Waals surface area contributed by atoms with Gasteiger partial charge in [0, 0.05) is 27.2 Å². The lowest BCUT2D eigenvalue weighted by Crippen LogP contribution is -2.64. The second kappa shape index (κ2) is 6.04. The summed E-state index contributed by atoms with van der Waals surface area (Å²) in [5.74, 6) is -0.217. The van der Waals surface area contributed by atoms with Gasteiger partial charge in [-0.05, 0) is 14.1 Å². The number of carbonyl (C=O) groups excluding carboxylic acids is 2. The Morgan fingerprint density at radius 1 is 1.00 bits per heavy atom. The van der Waals surface area contributed by atoms with Crippen molar-refractivity contribution in [2.45, 2.75) is 12.1 Å². The first-order valence-electron chi connectivity index (χ1n) is 7.25. The van der Waals surface area contributed by atoms with E-state index in [0.29, 0.717) is 13.1 Å². The zero-order chi connectivity index (χ0) is 16.7. The van der Waals surface area contributed by atoms with Gasteiger partial charge in [0.05, 0.1) is 30.1 Å². The van der Waals surface area contributed by atoms with Gasteiger partial charge in [0.2, 0.25) is 5.91 Å². The van der Waals surface area contributed by atoms with Crippen LogP contribution in [0.3, 0.4) is 0 Å². The number of fused-ring (bicyclic) bond motifs is 1. The zero-order valence-corrected chi connectivity index (χ0v) is 14.3. The first-order chi connectivity index (χ1) is 10.1. The van der Waals surface area contributed by atoms with Crippen LogP contribution in [0.25, 0.3) is 0 Å². The van der Waals surface area contributed by atoms with E-state index in [1.807, 2.05) is 0 Å². The molecular formula is C13H24N4O4S. The molecule has 126 valence electrons. The van der Waals surface area contributed by atoms with Crippen molar-refractivity contribution < 1.29 is 18.0 Å². The van der Waals surface area contributed by atoms with Crippen molar-refractivity contribution in [3.05, 3.63) is 0 Å². The lowest BCUT2D eigenvalue weighted by molar-refractivity contribution is -0.136. The Hall–Kier alpha value is -1.35. The van der Waals surface area contributed by atoms with E-state index < -0.39 is 21.9 Å². The third kappa shape index (κ3) is 3.35. The predicted octanol–water partition coefficient (Wildman–Crippen LogP) is -1.46. The highest BCUT2D eigenvalue weighted by atomic mass is 32.2. The van der Waals surface area contributed by atoms with Crippen LogP contribution in [-0.2, 0) is 14.6 Å². The Balaban J connectivity index is 2.24. The van der Waals surface area contributed by atoms with Gasteiger partial charge >= 0.3 is 6.03 Å². The van der Waals surface area contributed by atoms with E-state index in [1.165, 1.54) is 4.90 Å². The van der Waals surface area contributed by atoms with E-state index >= 15 is 0 Å². The molecule has 0 aliphatic carbocycles. The van der Waals surface area contributed by atoms with Crippen LogP contribution in [0.15, 0.2) is 0 Å². The Kier molecular flexibility index (Phi) is 4.67. The van der Waals surface area contributed by atoms with Crippen LogP contribution in [0, 0.1) is 0 Å². The van der Waals surface area contributed by atoms with Crippen LogP contribution in [-0.4, -0.2) is 111 Å². The van der Waals surface area contributed by atoms with Crippen LogP contribution in [0.4, 0.5) is 4.79 Å². The van der Waals surface area contributed by atoms with Gasteiger partial charge in [-0.3, -0.25) is 4.79 Å². The maximum absolute atomic E-state index is 12.3. The van der Waals surface area contributed by atoms with Crippen LogP contribution in [0.5, 0.6) is 0 Å². The molecule has 9 heteroatoms. The Labute approximate surface area is 131 Å². The highest BCUT2D eigenvalue weighted by Crippen LogP contribution is 2.27. The summed E-state index contributed by atoms with van der Waals surface area (Å²) in [6.07, 6.45) is 0. The minimum Gasteiger partial charge on any atom is -0.334 e. The maximum atomic E-state index is 12.3. The average Bonchev–Trinajstić information content (AvgIpc) is 2.70. The number of carbonyl (C=O) groups is 2. The molecule has 2 saturated heterocycles. The standard InChI is InChI=1S/C13H24N4O4S/c1-14(2)7-12(18)16-5-6-17(13(19)15(3)4)11-9-22(20,21)8-10(11)16/h10-11H,5-9H2,1-4H3. The van der Waals surface area contributed by atoms with Gasteiger partial charge in [-0.15, -0.1) is 0 Å². The van der Waals surface area contributed by atoms with Crippen molar-refractivity contribution in [1.29, 1.82) is 0 Å². The number of sulfone groups is 1. The minimum atomic E-state index is -3.24. The molecule has 22 heavy (non-hydrogen) atoms. The van der Waals surface area contributed by atoms with Crippen molar-refractivity contribution in [2.75, 3.05) is 59.3 Å². The van der Waals surface area contributed by atoms with Crippen molar-refractivity contribution in [3.8, 4) is 0 Å². The summed E-state index contributed by atoms with van der Waals surface area (Å²) in [7, 11) is 3.65. The number of amides is 3.